The molecule has 3 amide bonds. The van der Waals surface area contributed by atoms with Gasteiger partial charge in [0.15, 0.2) is 12.7 Å². The highest BCUT2D eigenvalue weighted by Crippen LogP contribution is 2.13. The van der Waals surface area contributed by atoms with Gasteiger partial charge in [0, 0.05) is 6.04 Å². The van der Waals surface area contributed by atoms with E-state index in [4.69, 9.17) is 9.47 Å². The van der Waals surface area contributed by atoms with Gasteiger partial charge in [0.25, 0.3) is 5.91 Å². The van der Waals surface area contributed by atoms with E-state index in [0.717, 1.165) is 0 Å². The molecular formula is C16H22N2O5. The fourth-order valence-corrected chi connectivity index (χ4v) is 1.65. The number of para-hydroxylation sites is 1. The second-order valence-corrected chi connectivity index (χ2v) is 5.11. The van der Waals surface area contributed by atoms with Gasteiger partial charge in [-0.3, -0.25) is 10.1 Å². The highest BCUT2D eigenvalue weighted by Gasteiger charge is 2.21. The minimum atomic E-state index is -0.810. The Morgan fingerprint density at radius 1 is 1.13 bits per heavy atom. The number of urea groups is 1. The van der Waals surface area contributed by atoms with Crippen molar-refractivity contribution in [2.75, 3.05) is 6.61 Å². The number of carbonyl (C=O) groups is 3. The molecule has 1 rings (SSSR count). The third-order valence-corrected chi connectivity index (χ3v) is 2.67. The molecule has 0 aliphatic carbocycles. The predicted molar refractivity (Wildman–Crippen MR) is 83.9 cm³/mol. The van der Waals surface area contributed by atoms with Crippen LogP contribution in [0.25, 0.3) is 0 Å². The molecule has 1 aromatic rings. The lowest BCUT2D eigenvalue weighted by Crippen LogP contribution is -2.44. The second kappa shape index (κ2) is 9.45. The molecule has 1 atom stereocenters. The fourth-order valence-electron chi connectivity index (χ4n) is 1.65. The normalized spacial score (nSPS) is 11.5. The maximum absolute atomic E-state index is 11.9. The highest BCUT2D eigenvalue weighted by molar-refractivity contribution is 5.95. The van der Waals surface area contributed by atoms with Crippen molar-refractivity contribution in [2.45, 2.75) is 39.3 Å². The van der Waals surface area contributed by atoms with E-state index in [1.165, 1.54) is 0 Å². The largest absolute Gasteiger partial charge is 0.479 e. The van der Waals surface area contributed by atoms with Crippen molar-refractivity contribution < 1.29 is 23.9 Å². The van der Waals surface area contributed by atoms with E-state index in [0.29, 0.717) is 12.2 Å². The first kappa shape index (κ1) is 18.5. The molecule has 7 heteroatoms. The topological polar surface area (TPSA) is 93.7 Å². The molecule has 1 aromatic carbocycles. The Balaban J connectivity index is 2.41. The number of hydrogen-bond acceptors (Lipinski definition) is 5. The van der Waals surface area contributed by atoms with E-state index in [1.54, 1.807) is 45.0 Å². The Morgan fingerprint density at radius 2 is 1.78 bits per heavy atom. The minimum Gasteiger partial charge on any atom is -0.479 e. The SMILES string of the molecule is CC[C@H](Oc1ccccc1)C(=O)OCC(=O)NC(=O)NC(C)C. The maximum Gasteiger partial charge on any atom is 0.347 e. The van der Waals surface area contributed by atoms with Crippen LogP contribution in [0.5, 0.6) is 5.75 Å². The summed E-state index contributed by atoms with van der Waals surface area (Å²) in [5.74, 6) is -0.820. The Bertz CT molecular complexity index is 531. The molecule has 126 valence electrons. The highest BCUT2D eigenvalue weighted by atomic mass is 16.6. The number of rotatable bonds is 7. The molecule has 0 fully saturated rings. The molecule has 7 nitrogen and oxygen atoms in total. The van der Waals surface area contributed by atoms with E-state index in [9.17, 15) is 14.4 Å². The Hall–Kier alpha value is -2.57. The molecule has 0 aliphatic rings. The van der Waals surface area contributed by atoms with E-state index >= 15 is 0 Å². The summed E-state index contributed by atoms with van der Waals surface area (Å²) in [6, 6.07) is 8.11. The van der Waals surface area contributed by atoms with Crippen molar-refractivity contribution in [3.8, 4) is 5.75 Å². The molecule has 0 radical (unpaired) electrons. The van der Waals surface area contributed by atoms with Crippen LogP contribution in [0.3, 0.4) is 0 Å². The molecule has 0 saturated carbocycles. The van der Waals surface area contributed by atoms with Gasteiger partial charge in [-0.25, -0.2) is 9.59 Å². The molecule has 0 heterocycles. The standard InChI is InChI=1S/C16H22N2O5/c1-4-13(23-12-8-6-5-7-9-12)15(20)22-10-14(19)18-16(21)17-11(2)3/h5-9,11,13H,4,10H2,1-3H3,(H2,17,18,19,21)/t13-/m0/s1. The van der Waals surface area contributed by atoms with Crippen LogP contribution in [0.4, 0.5) is 4.79 Å². The minimum absolute atomic E-state index is 0.103. The predicted octanol–water partition coefficient (Wildman–Crippen LogP) is 1.62. The molecule has 0 unspecified atom stereocenters. The number of imide groups is 1. The van der Waals surface area contributed by atoms with Crippen LogP contribution in [-0.2, 0) is 14.3 Å². The number of benzene rings is 1. The monoisotopic (exact) mass is 322 g/mol. The van der Waals surface area contributed by atoms with Gasteiger partial charge in [-0.05, 0) is 32.4 Å². The molecule has 0 spiro atoms. The zero-order valence-electron chi connectivity index (χ0n) is 13.5. The molecule has 0 saturated heterocycles. The second-order valence-electron chi connectivity index (χ2n) is 5.11. The van der Waals surface area contributed by atoms with Crippen LogP contribution in [0.2, 0.25) is 0 Å². The van der Waals surface area contributed by atoms with Crippen molar-refractivity contribution in [1.29, 1.82) is 0 Å². The van der Waals surface area contributed by atoms with E-state index in [1.807, 2.05) is 6.07 Å². The van der Waals surface area contributed by atoms with Crippen LogP contribution in [0.1, 0.15) is 27.2 Å². The molecular weight excluding hydrogens is 300 g/mol. The first-order chi connectivity index (χ1) is 10.9. The fraction of sp³-hybridized carbons (Fsp3) is 0.438. The zero-order valence-corrected chi connectivity index (χ0v) is 13.5. The van der Waals surface area contributed by atoms with Crippen LogP contribution >= 0.6 is 0 Å². The number of nitrogens with one attached hydrogen (secondary N) is 2. The number of amides is 3. The average molecular weight is 322 g/mol. The van der Waals surface area contributed by atoms with Gasteiger partial charge in [-0.2, -0.15) is 0 Å². The summed E-state index contributed by atoms with van der Waals surface area (Å²) in [7, 11) is 0. The van der Waals surface area contributed by atoms with Gasteiger partial charge in [0.05, 0.1) is 0 Å². The van der Waals surface area contributed by atoms with E-state index < -0.39 is 30.6 Å². The average Bonchev–Trinajstić information content (AvgIpc) is 2.50. The molecule has 0 aromatic heterocycles. The van der Waals surface area contributed by atoms with Crippen molar-refractivity contribution >= 4 is 17.9 Å². The summed E-state index contributed by atoms with van der Waals surface area (Å²) in [6.45, 7) is 4.75. The number of carbonyl (C=O) groups excluding carboxylic acids is 3. The lowest BCUT2D eigenvalue weighted by atomic mass is 10.2. The molecule has 23 heavy (non-hydrogen) atoms. The van der Waals surface area contributed by atoms with Gasteiger partial charge in [0.1, 0.15) is 5.75 Å². The molecule has 2 N–H and O–H groups in total. The zero-order chi connectivity index (χ0) is 17.2. The summed E-state index contributed by atoms with van der Waals surface area (Å²) >= 11 is 0. The van der Waals surface area contributed by atoms with Gasteiger partial charge in [0.2, 0.25) is 0 Å². The van der Waals surface area contributed by atoms with Crippen molar-refractivity contribution in [2.24, 2.45) is 0 Å². The Labute approximate surface area is 135 Å². The van der Waals surface area contributed by atoms with E-state index in [2.05, 4.69) is 10.6 Å². The number of hydrogen-bond donors (Lipinski definition) is 2. The number of ether oxygens (including phenoxy) is 2. The third kappa shape index (κ3) is 7.30. The summed E-state index contributed by atoms with van der Waals surface area (Å²) in [6.07, 6.45) is -0.418. The van der Waals surface area contributed by atoms with Crippen molar-refractivity contribution in [3.63, 3.8) is 0 Å². The first-order valence-electron chi connectivity index (χ1n) is 7.41. The molecule has 0 aliphatic heterocycles. The van der Waals surface area contributed by atoms with Crippen molar-refractivity contribution in [1.82, 2.24) is 10.6 Å². The summed E-state index contributed by atoms with van der Waals surface area (Å²) < 4.78 is 10.4. The Kier molecular flexibility index (Phi) is 7.59. The first-order valence-corrected chi connectivity index (χ1v) is 7.41. The Morgan fingerprint density at radius 3 is 2.35 bits per heavy atom. The van der Waals surface area contributed by atoms with Crippen LogP contribution in [-0.4, -0.2) is 36.7 Å². The van der Waals surface area contributed by atoms with Crippen LogP contribution in [0, 0.1) is 0 Å². The van der Waals surface area contributed by atoms with Crippen LogP contribution in [0.15, 0.2) is 30.3 Å². The lowest BCUT2D eigenvalue weighted by Gasteiger charge is -2.16. The summed E-state index contributed by atoms with van der Waals surface area (Å²) in [5.41, 5.74) is 0. The quantitative estimate of drug-likeness (QED) is 0.744. The van der Waals surface area contributed by atoms with Gasteiger partial charge >= 0.3 is 12.0 Å². The smallest absolute Gasteiger partial charge is 0.347 e. The summed E-state index contributed by atoms with van der Waals surface area (Å²) in [4.78, 5) is 34.8. The van der Waals surface area contributed by atoms with Gasteiger partial charge in [-0.15, -0.1) is 0 Å². The van der Waals surface area contributed by atoms with Gasteiger partial charge < -0.3 is 14.8 Å². The number of esters is 1. The third-order valence-electron chi connectivity index (χ3n) is 2.67. The maximum atomic E-state index is 11.9. The van der Waals surface area contributed by atoms with Crippen molar-refractivity contribution in [3.05, 3.63) is 30.3 Å². The summed E-state index contributed by atoms with van der Waals surface area (Å²) in [5, 5.41) is 4.56. The lowest BCUT2D eigenvalue weighted by molar-refractivity contribution is -0.155. The molecule has 0 bridgehead atoms. The van der Waals surface area contributed by atoms with Gasteiger partial charge in [-0.1, -0.05) is 25.1 Å². The van der Waals surface area contributed by atoms with E-state index in [-0.39, 0.29) is 6.04 Å². The van der Waals surface area contributed by atoms with Crippen LogP contribution < -0.4 is 15.4 Å².